The van der Waals surface area contributed by atoms with Crippen LogP contribution in [0.15, 0.2) is 42.0 Å². The Balaban J connectivity index is 2.08. The molecule has 1 aliphatic rings. The summed E-state index contributed by atoms with van der Waals surface area (Å²) in [7, 11) is 4.34. The third-order valence-corrected chi connectivity index (χ3v) is 4.47. The molecular weight excluding hydrogens is 400 g/mol. The predicted molar refractivity (Wildman–Crippen MR) is 107 cm³/mol. The third kappa shape index (κ3) is 3.74. The number of hydrogen-bond acceptors (Lipinski definition) is 6. The molecule has 9 heteroatoms. The van der Waals surface area contributed by atoms with Crippen molar-refractivity contribution in [3.05, 3.63) is 52.6 Å². The molecular formula is C20H17ClN2O6. The van der Waals surface area contributed by atoms with Gasteiger partial charge in [-0.05, 0) is 42.5 Å². The minimum atomic E-state index is -0.848. The molecule has 2 aromatic carbocycles. The summed E-state index contributed by atoms with van der Waals surface area (Å²) in [6.45, 7) is 0. The Morgan fingerprint density at radius 2 is 1.55 bits per heavy atom. The molecule has 150 valence electrons. The molecule has 1 aliphatic heterocycles. The predicted octanol–water partition coefficient (Wildman–Crippen LogP) is 3.03. The Hall–Kier alpha value is -3.52. The van der Waals surface area contributed by atoms with Crippen molar-refractivity contribution in [3.8, 4) is 17.2 Å². The lowest BCUT2D eigenvalue weighted by atomic mass is 10.1. The third-order valence-electron chi connectivity index (χ3n) is 4.22. The van der Waals surface area contributed by atoms with Crippen molar-refractivity contribution < 1.29 is 28.6 Å². The number of anilines is 1. The summed E-state index contributed by atoms with van der Waals surface area (Å²) < 4.78 is 15.9. The highest BCUT2D eigenvalue weighted by Crippen LogP contribution is 2.40. The topological polar surface area (TPSA) is 94.2 Å². The van der Waals surface area contributed by atoms with Gasteiger partial charge in [0.1, 0.15) is 5.57 Å². The van der Waals surface area contributed by atoms with Gasteiger partial charge in [-0.2, -0.15) is 0 Å². The molecule has 0 aliphatic carbocycles. The number of ether oxygens (including phenoxy) is 3. The molecule has 1 fully saturated rings. The molecule has 0 radical (unpaired) electrons. The van der Waals surface area contributed by atoms with Crippen LogP contribution in [0.4, 0.5) is 10.5 Å². The van der Waals surface area contributed by atoms with E-state index in [1.807, 2.05) is 0 Å². The highest BCUT2D eigenvalue weighted by Gasteiger charge is 2.37. The van der Waals surface area contributed by atoms with E-state index in [0.29, 0.717) is 22.1 Å². The van der Waals surface area contributed by atoms with E-state index < -0.39 is 17.8 Å². The molecule has 2 aromatic rings. The lowest BCUT2D eigenvalue weighted by Crippen LogP contribution is -2.54. The van der Waals surface area contributed by atoms with Crippen LogP contribution in [-0.4, -0.2) is 39.2 Å². The molecule has 0 bridgehead atoms. The second-order valence-corrected chi connectivity index (χ2v) is 6.29. The average Bonchev–Trinajstić information content (AvgIpc) is 2.71. The van der Waals surface area contributed by atoms with E-state index in [-0.39, 0.29) is 17.0 Å². The summed E-state index contributed by atoms with van der Waals surface area (Å²) >= 11 is 5.86. The first-order valence-corrected chi connectivity index (χ1v) is 8.75. The summed E-state index contributed by atoms with van der Waals surface area (Å²) in [6, 6.07) is 8.45. The molecule has 8 nitrogen and oxygen atoms in total. The number of nitrogens with zero attached hydrogens (tertiary/aromatic N) is 1. The maximum Gasteiger partial charge on any atom is 0.335 e. The van der Waals surface area contributed by atoms with Gasteiger partial charge in [0, 0.05) is 10.6 Å². The molecule has 3 rings (SSSR count). The molecule has 0 aromatic heterocycles. The quantitative estimate of drug-likeness (QED) is 0.594. The number of methoxy groups -OCH3 is 3. The van der Waals surface area contributed by atoms with Crippen molar-refractivity contribution in [2.75, 3.05) is 26.2 Å². The molecule has 29 heavy (non-hydrogen) atoms. The van der Waals surface area contributed by atoms with E-state index in [2.05, 4.69) is 5.32 Å². The smallest absolute Gasteiger partial charge is 0.335 e. The van der Waals surface area contributed by atoms with E-state index in [9.17, 15) is 14.4 Å². The highest BCUT2D eigenvalue weighted by molar-refractivity contribution is 6.39. The zero-order valence-electron chi connectivity index (χ0n) is 15.8. The Morgan fingerprint density at radius 1 is 0.897 bits per heavy atom. The van der Waals surface area contributed by atoms with Crippen LogP contribution in [0.5, 0.6) is 17.2 Å². The number of rotatable bonds is 5. The Labute approximate surface area is 171 Å². The Bertz CT molecular complexity index is 1020. The fraction of sp³-hybridized carbons (Fsp3) is 0.150. The van der Waals surface area contributed by atoms with E-state index in [0.717, 1.165) is 4.90 Å². The first kappa shape index (κ1) is 20.2. The van der Waals surface area contributed by atoms with Crippen molar-refractivity contribution >= 4 is 41.2 Å². The number of nitrogens with one attached hydrogen (secondary N) is 1. The van der Waals surface area contributed by atoms with Crippen LogP contribution in [0, 0.1) is 0 Å². The fourth-order valence-corrected chi connectivity index (χ4v) is 3.00. The second kappa shape index (κ2) is 8.24. The number of urea groups is 1. The van der Waals surface area contributed by atoms with Gasteiger partial charge < -0.3 is 14.2 Å². The fourth-order valence-electron chi connectivity index (χ4n) is 2.88. The van der Waals surface area contributed by atoms with Crippen LogP contribution in [0.2, 0.25) is 5.02 Å². The van der Waals surface area contributed by atoms with Gasteiger partial charge in [0.15, 0.2) is 11.5 Å². The summed E-state index contributed by atoms with van der Waals surface area (Å²) in [6.07, 6.45) is 1.33. The number of carbonyl (C=O) groups excluding carboxylic acids is 3. The monoisotopic (exact) mass is 416 g/mol. The van der Waals surface area contributed by atoms with Crippen LogP contribution >= 0.6 is 11.6 Å². The molecule has 1 saturated heterocycles. The second-order valence-electron chi connectivity index (χ2n) is 5.86. The van der Waals surface area contributed by atoms with Crippen LogP contribution in [-0.2, 0) is 9.59 Å². The molecule has 1 heterocycles. The highest BCUT2D eigenvalue weighted by atomic mass is 35.5. The number of imide groups is 2. The minimum absolute atomic E-state index is 0.245. The van der Waals surface area contributed by atoms with Gasteiger partial charge in [-0.25, -0.2) is 9.69 Å². The Kier molecular flexibility index (Phi) is 5.74. The summed E-state index contributed by atoms with van der Waals surface area (Å²) in [4.78, 5) is 38.4. The van der Waals surface area contributed by atoms with Crippen LogP contribution in [0.3, 0.4) is 0 Å². The number of benzene rings is 2. The van der Waals surface area contributed by atoms with Crippen molar-refractivity contribution in [2.24, 2.45) is 0 Å². The molecule has 4 amide bonds. The van der Waals surface area contributed by atoms with Crippen LogP contribution in [0.25, 0.3) is 6.08 Å². The van der Waals surface area contributed by atoms with E-state index in [1.165, 1.54) is 51.7 Å². The maximum atomic E-state index is 13.0. The van der Waals surface area contributed by atoms with Crippen LogP contribution in [0.1, 0.15) is 5.56 Å². The van der Waals surface area contributed by atoms with Gasteiger partial charge in [-0.15, -0.1) is 0 Å². The lowest BCUT2D eigenvalue weighted by molar-refractivity contribution is -0.122. The van der Waals surface area contributed by atoms with Gasteiger partial charge in [0.25, 0.3) is 11.8 Å². The number of carbonyl (C=O) groups is 3. The molecule has 0 saturated carbocycles. The van der Waals surface area contributed by atoms with Crippen molar-refractivity contribution in [1.82, 2.24) is 5.32 Å². The zero-order valence-corrected chi connectivity index (χ0v) is 16.6. The maximum absolute atomic E-state index is 13.0. The van der Waals surface area contributed by atoms with Gasteiger partial charge in [0.05, 0.1) is 27.0 Å². The van der Waals surface area contributed by atoms with Crippen molar-refractivity contribution in [1.29, 1.82) is 0 Å². The van der Waals surface area contributed by atoms with E-state index >= 15 is 0 Å². The molecule has 0 atom stereocenters. The first-order chi connectivity index (χ1) is 13.9. The number of halogens is 1. The number of hydrogen-bond donors (Lipinski definition) is 1. The zero-order chi connectivity index (χ0) is 21.1. The first-order valence-electron chi connectivity index (χ1n) is 8.37. The normalized spacial score (nSPS) is 15.4. The SMILES string of the molecule is COc1ccc(/C=C2/C(=O)NC(=O)N(c3ccc(Cl)cc3)C2=O)c(OC)c1OC. The molecule has 1 N–H and O–H groups in total. The average molecular weight is 417 g/mol. The largest absolute Gasteiger partial charge is 0.493 e. The van der Waals surface area contributed by atoms with E-state index in [1.54, 1.807) is 12.1 Å². The number of amides is 4. The van der Waals surface area contributed by atoms with E-state index in [4.69, 9.17) is 25.8 Å². The van der Waals surface area contributed by atoms with Crippen LogP contribution < -0.4 is 24.4 Å². The van der Waals surface area contributed by atoms with Crippen molar-refractivity contribution in [3.63, 3.8) is 0 Å². The van der Waals surface area contributed by atoms with Gasteiger partial charge >= 0.3 is 6.03 Å². The standard InChI is InChI=1S/C20H17ClN2O6/c1-27-15-9-4-11(16(28-2)17(15)29-3)10-14-18(24)22-20(26)23(19(14)25)13-7-5-12(21)6-8-13/h4-10H,1-3H3,(H,22,24,26)/b14-10-. The molecule has 0 spiro atoms. The molecule has 0 unspecified atom stereocenters. The lowest BCUT2D eigenvalue weighted by Gasteiger charge is -2.26. The van der Waals surface area contributed by atoms with Gasteiger partial charge in [0.2, 0.25) is 5.75 Å². The summed E-state index contributed by atoms with van der Waals surface area (Å²) in [5.41, 5.74) is 0.425. The van der Waals surface area contributed by atoms with Gasteiger partial charge in [-0.1, -0.05) is 11.6 Å². The Morgan fingerprint density at radius 3 is 2.14 bits per heavy atom. The van der Waals surface area contributed by atoms with Crippen molar-refractivity contribution in [2.45, 2.75) is 0 Å². The summed E-state index contributed by atoms with van der Waals surface area (Å²) in [5, 5.41) is 2.61. The van der Waals surface area contributed by atoms with Gasteiger partial charge in [-0.3, -0.25) is 14.9 Å². The summed E-state index contributed by atoms with van der Waals surface area (Å²) in [5.74, 6) is -0.600. The minimum Gasteiger partial charge on any atom is -0.493 e. The number of barbiturate groups is 1.